The Labute approximate surface area is 361 Å². The topological polar surface area (TPSA) is 56.7 Å². The van der Waals surface area contributed by atoms with E-state index in [1.807, 2.05) is 29.5 Å². The molecular weight excluding hydrogens is 777 g/mol. The molecule has 0 unspecified atom stereocenters. The number of rotatable bonds is 4. The zero-order chi connectivity index (χ0) is 41.3. The van der Waals surface area contributed by atoms with Crippen molar-refractivity contribution in [3.05, 3.63) is 182 Å². The number of hydrogen-bond donors (Lipinski definition) is 0. The van der Waals surface area contributed by atoms with Crippen LogP contribution in [-0.4, -0.2) is 19.5 Å². The molecule has 0 saturated carbocycles. The quantitative estimate of drug-likeness (QED) is 0.178. The molecule has 0 saturated heterocycles. The molecule has 0 aliphatic heterocycles. The predicted molar refractivity (Wildman–Crippen MR) is 262 cm³/mol. The summed E-state index contributed by atoms with van der Waals surface area (Å²) < 4.78 is 11.2. The Morgan fingerprint density at radius 3 is 1.85 bits per heavy atom. The molecule has 0 spiro atoms. The number of thiophene rings is 1. The van der Waals surface area contributed by atoms with Crippen molar-refractivity contribution in [3.63, 3.8) is 0 Å². The van der Waals surface area contributed by atoms with E-state index >= 15 is 0 Å². The standard InChI is InChI=1S/C53H30N4OS.C3H8/c1-2-12-32-27-35(24-23-31(32)11-1)51-54-52(36-25-26-38-37-15-5-7-21-46(37)58-47(38)30-36)56-53(55-51)57-45-29-34-14-4-3-13-33(34)28-44(45)41-18-9-17-40(49(41)57)43-20-10-19-42-39-16-6-8-22-48(39)59-50(42)43;1-3-2/h1-30H;3H2,1-2H3. The predicted octanol–water partition coefficient (Wildman–Crippen LogP) is 16.0. The van der Waals surface area contributed by atoms with Crippen LogP contribution in [0.2, 0.25) is 0 Å². The first-order valence-corrected chi connectivity index (χ1v) is 22.0. The second-order valence-electron chi connectivity index (χ2n) is 15.9. The molecular formula is C56H38N4OS. The molecule has 0 bridgehead atoms. The van der Waals surface area contributed by atoms with Crippen molar-refractivity contribution in [2.75, 3.05) is 0 Å². The van der Waals surface area contributed by atoms with Gasteiger partial charge in [0.25, 0.3) is 0 Å². The van der Waals surface area contributed by atoms with E-state index in [-0.39, 0.29) is 0 Å². The summed E-state index contributed by atoms with van der Waals surface area (Å²) >= 11 is 1.85. The summed E-state index contributed by atoms with van der Waals surface area (Å²) in [5.41, 5.74) is 7.80. The number of fused-ring (bicyclic) bond motifs is 11. The third-order valence-electron chi connectivity index (χ3n) is 11.8. The number of para-hydroxylation sites is 2. The van der Waals surface area contributed by atoms with E-state index in [1.165, 1.54) is 37.5 Å². The van der Waals surface area contributed by atoms with Gasteiger partial charge in [0, 0.05) is 64.0 Å². The summed E-state index contributed by atoms with van der Waals surface area (Å²) in [6, 6.07) is 64.5. The van der Waals surface area contributed by atoms with Gasteiger partial charge < -0.3 is 4.42 Å². The third-order valence-corrected chi connectivity index (χ3v) is 13.0. The zero-order valence-electron chi connectivity index (χ0n) is 34.1. The molecule has 294 valence electrons. The lowest BCUT2D eigenvalue weighted by molar-refractivity contribution is 0.669. The Hall–Kier alpha value is -7.67. The largest absolute Gasteiger partial charge is 0.456 e. The van der Waals surface area contributed by atoms with Crippen LogP contribution in [0.3, 0.4) is 0 Å². The van der Waals surface area contributed by atoms with Gasteiger partial charge in [0.15, 0.2) is 11.6 Å². The van der Waals surface area contributed by atoms with Crippen LogP contribution in [0.1, 0.15) is 20.3 Å². The molecule has 0 fully saturated rings. The molecule has 0 amide bonds. The van der Waals surface area contributed by atoms with Gasteiger partial charge in [-0.25, -0.2) is 4.98 Å². The Bertz CT molecular complexity index is 3890. The lowest BCUT2D eigenvalue weighted by Crippen LogP contribution is -2.07. The summed E-state index contributed by atoms with van der Waals surface area (Å²) in [5.74, 6) is 1.72. The van der Waals surface area contributed by atoms with Gasteiger partial charge in [0.2, 0.25) is 5.95 Å². The van der Waals surface area contributed by atoms with E-state index in [0.29, 0.717) is 17.6 Å². The van der Waals surface area contributed by atoms with E-state index in [1.54, 1.807) is 0 Å². The molecule has 0 radical (unpaired) electrons. The van der Waals surface area contributed by atoms with Crippen molar-refractivity contribution in [2.45, 2.75) is 20.3 Å². The molecule has 13 rings (SSSR count). The molecule has 6 heteroatoms. The first-order valence-electron chi connectivity index (χ1n) is 21.2. The molecule has 13 aromatic rings. The molecule has 4 aromatic heterocycles. The zero-order valence-corrected chi connectivity index (χ0v) is 34.9. The van der Waals surface area contributed by atoms with Crippen molar-refractivity contribution in [1.29, 1.82) is 0 Å². The van der Waals surface area contributed by atoms with Crippen LogP contribution in [-0.2, 0) is 0 Å². The highest BCUT2D eigenvalue weighted by molar-refractivity contribution is 7.26. The fourth-order valence-electron chi connectivity index (χ4n) is 9.05. The van der Waals surface area contributed by atoms with Crippen LogP contribution in [0, 0.1) is 0 Å². The second-order valence-corrected chi connectivity index (χ2v) is 16.9. The van der Waals surface area contributed by atoms with Gasteiger partial charge in [-0.2, -0.15) is 9.97 Å². The van der Waals surface area contributed by atoms with E-state index in [2.05, 4.69) is 182 Å². The van der Waals surface area contributed by atoms with Crippen LogP contribution in [0.4, 0.5) is 0 Å². The molecule has 9 aromatic carbocycles. The van der Waals surface area contributed by atoms with Gasteiger partial charge in [-0.3, -0.25) is 4.57 Å². The lowest BCUT2D eigenvalue weighted by atomic mass is 9.99. The van der Waals surface area contributed by atoms with Gasteiger partial charge in [0.1, 0.15) is 11.2 Å². The van der Waals surface area contributed by atoms with Crippen molar-refractivity contribution >= 4 is 96.8 Å². The highest BCUT2D eigenvalue weighted by Crippen LogP contribution is 2.45. The van der Waals surface area contributed by atoms with E-state index in [0.717, 1.165) is 76.6 Å². The summed E-state index contributed by atoms with van der Waals surface area (Å²) in [4.78, 5) is 16.0. The summed E-state index contributed by atoms with van der Waals surface area (Å²) in [5, 5.41) is 11.6. The van der Waals surface area contributed by atoms with Crippen LogP contribution in [0.5, 0.6) is 0 Å². The van der Waals surface area contributed by atoms with Gasteiger partial charge >= 0.3 is 0 Å². The average molecular weight is 815 g/mol. The maximum atomic E-state index is 6.38. The number of furan rings is 1. The molecule has 0 aliphatic rings. The normalized spacial score (nSPS) is 11.8. The Kier molecular flexibility index (Phi) is 8.47. The van der Waals surface area contributed by atoms with Crippen molar-refractivity contribution in [2.24, 2.45) is 0 Å². The molecule has 4 heterocycles. The summed E-state index contributed by atoms with van der Waals surface area (Å²) in [7, 11) is 0. The van der Waals surface area contributed by atoms with Crippen LogP contribution in [0.25, 0.3) is 125 Å². The maximum absolute atomic E-state index is 6.38. The van der Waals surface area contributed by atoms with E-state index in [4.69, 9.17) is 19.4 Å². The minimum Gasteiger partial charge on any atom is -0.456 e. The Morgan fingerprint density at radius 1 is 0.452 bits per heavy atom. The highest BCUT2D eigenvalue weighted by Gasteiger charge is 2.23. The molecule has 5 nitrogen and oxygen atoms in total. The number of nitrogens with zero attached hydrogens (tertiary/aromatic N) is 4. The van der Waals surface area contributed by atoms with E-state index < -0.39 is 0 Å². The molecule has 0 N–H and O–H groups in total. The van der Waals surface area contributed by atoms with Gasteiger partial charge in [-0.15, -0.1) is 11.3 Å². The smallest absolute Gasteiger partial charge is 0.238 e. The summed E-state index contributed by atoms with van der Waals surface area (Å²) in [6.07, 6.45) is 1.25. The monoisotopic (exact) mass is 814 g/mol. The number of aromatic nitrogens is 4. The van der Waals surface area contributed by atoms with Gasteiger partial charge in [-0.05, 0) is 64.0 Å². The maximum Gasteiger partial charge on any atom is 0.238 e. The van der Waals surface area contributed by atoms with Crippen LogP contribution >= 0.6 is 11.3 Å². The highest BCUT2D eigenvalue weighted by atomic mass is 32.1. The van der Waals surface area contributed by atoms with E-state index in [9.17, 15) is 0 Å². The first-order chi connectivity index (χ1) is 30.6. The Morgan fingerprint density at radius 2 is 1.05 bits per heavy atom. The second kappa shape index (κ2) is 14.5. The SMILES string of the molecule is CCC.c1ccc2cc(-c3nc(-c4ccc5c(c4)oc4ccccc45)nc(-n4c5cc6ccccc6cc5c5cccc(-c6cccc7c6sc6ccccc67)c54)n3)ccc2c1. The van der Waals surface area contributed by atoms with Crippen molar-refractivity contribution in [3.8, 4) is 39.9 Å². The van der Waals surface area contributed by atoms with Crippen molar-refractivity contribution in [1.82, 2.24) is 19.5 Å². The lowest BCUT2D eigenvalue weighted by Gasteiger charge is -2.14. The minimum absolute atomic E-state index is 0.550. The molecule has 0 aliphatic carbocycles. The average Bonchev–Trinajstić information content (AvgIpc) is 4.00. The minimum atomic E-state index is 0.550. The summed E-state index contributed by atoms with van der Waals surface area (Å²) in [6.45, 7) is 4.25. The van der Waals surface area contributed by atoms with Gasteiger partial charge in [0.05, 0.1) is 11.0 Å². The first kappa shape index (κ1) is 36.2. The molecule has 62 heavy (non-hydrogen) atoms. The van der Waals surface area contributed by atoms with Crippen molar-refractivity contribution < 1.29 is 4.42 Å². The van der Waals surface area contributed by atoms with Crippen LogP contribution < -0.4 is 0 Å². The van der Waals surface area contributed by atoms with Gasteiger partial charge in [-0.1, -0.05) is 160 Å². The fraction of sp³-hybridized carbons (Fsp3) is 0.0536. The Balaban J connectivity index is 0.00000133. The number of hydrogen-bond acceptors (Lipinski definition) is 5. The fourth-order valence-corrected chi connectivity index (χ4v) is 10.3. The third kappa shape index (κ3) is 5.79. The molecule has 0 atom stereocenters. The van der Waals surface area contributed by atoms with Crippen LogP contribution in [0.15, 0.2) is 186 Å². The number of benzene rings is 9.